The maximum atomic E-state index is 12.2. The lowest BCUT2D eigenvalue weighted by Crippen LogP contribution is -2.40. The summed E-state index contributed by atoms with van der Waals surface area (Å²) in [6, 6.07) is 0. The molecular weight excluding hydrogens is 420 g/mol. The van der Waals surface area contributed by atoms with Gasteiger partial charge in [-0.1, -0.05) is 6.92 Å². The Hall–Kier alpha value is -0.250. The number of hydrogen-bond acceptors (Lipinski definition) is 2. The molecule has 0 saturated carbocycles. The zero-order valence-corrected chi connectivity index (χ0v) is 16.4. The van der Waals surface area contributed by atoms with Crippen molar-refractivity contribution in [1.29, 1.82) is 0 Å². The Balaban J connectivity index is 0.00000484. The van der Waals surface area contributed by atoms with Crippen LogP contribution < -0.4 is 10.6 Å². The van der Waals surface area contributed by atoms with Gasteiger partial charge in [0.05, 0.1) is 6.42 Å². The van der Waals surface area contributed by atoms with Crippen molar-refractivity contribution in [2.45, 2.75) is 45.7 Å². The highest BCUT2D eigenvalue weighted by Crippen LogP contribution is 2.18. The van der Waals surface area contributed by atoms with Crippen LogP contribution in [0.15, 0.2) is 4.99 Å². The van der Waals surface area contributed by atoms with E-state index in [0.717, 1.165) is 32.5 Å². The molecule has 0 aromatic rings. The van der Waals surface area contributed by atoms with Gasteiger partial charge in [-0.05, 0) is 51.7 Å². The SMILES string of the molecule is CCCN1CCC(CN=C(NCC)NCCC(F)(F)F)CC1.I. The highest BCUT2D eigenvalue weighted by molar-refractivity contribution is 14.0. The number of nitrogens with one attached hydrogen (secondary N) is 2. The van der Waals surface area contributed by atoms with E-state index in [1.165, 1.54) is 6.42 Å². The molecule has 0 radical (unpaired) electrons. The van der Waals surface area contributed by atoms with Gasteiger partial charge in [0.25, 0.3) is 0 Å². The van der Waals surface area contributed by atoms with E-state index in [9.17, 15) is 13.2 Å². The normalized spacial score (nSPS) is 17.7. The summed E-state index contributed by atoms with van der Waals surface area (Å²) >= 11 is 0. The van der Waals surface area contributed by atoms with Crippen LogP contribution in [0.1, 0.15) is 39.5 Å². The molecule has 0 spiro atoms. The summed E-state index contributed by atoms with van der Waals surface area (Å²) in [5.41, 5.74) is 0. The van der Waals surface area contributed by atoms with Gasteiger partial charge in [-0.15, -0.1) is 24.0 Å². The first-order valence-electron chi connectivity index (χ1n) is 8.26. The number of hydrogen-bond donors (Lipinski definition) is 2. The Kier molecular flexibility index (Phi) is 12.0. The molecule has 0 atom stereocenters. The standard InChI is InChI=1S/C15H29F3N4.HI/c1-3-9-22-10-5-13(6-11-22)12-21-14(19-4-2)20-8-7-15(16,17)18;/h13H,3-12H2,1-2H3,(H2,19,20,21);1H. The summed E-state index contributed by atoms with van der Waals surface area (Å²) in [5.74, 6) is 1.02. The van der Waals surface area contributed by atoms with Gasteiger partial charge in [-0.3, -0.25) is 4.99 Å². The predicted octanol–water partition coefficient (Wildman–Crippen LogP) is 3.23. The summed E-state index contributed by atoms with van der Waals surface area (Å²) in [7, 11) is 0. The van der Waals surface area contributed by atoms with Gasteiger partial charge in [-0.2, -0.15) is 13.2 Å². The molecule has 1 saturated heterocycles. The van der Waals surface area contributed by atoms with E-state index in [0.29, 0.717) is 25.0 Å². The molecule has 1 heterocycles. The summed E-state index contributed by atoms with van der Waals surface area (Å²) in [6.07, 6.45) is -1.56. The van der Waals surface area contributed by atoms with Gasteiger partial charge in [0.2, 0.25) is 0 Å². The van der Waals surface area contributed by atoms with Gasteiger partial charge in [-0.25, -0.2) is 0 Å². The van der Waals surface area contributed by atoms with E-state index in [1.54, 1.807) is 0 Å². The van der Waals surface area contributed by atoms with Crippen molar-refractivity contribution in [3.63, 3.8) is 0 Å². The third kappa shape index (κ3) is 11.0. The van der Waals surface area contributed by atoms with Crippen molar-refractivity contribution in [1.82, 2.24) is 15.5 Å². The number of rotatable bonds is 7. The molecule has 0 aromatic heterocycles. The molecule has 1 aliphatic heterocycles. The Morgan fingerprint density at radius 2 is 1.83 bits per heavy atom. The Morgan fingerprint density at radius 3 is 2.35 bits per heavy atom. The Morgan fingerprint density at radius 1 is 1.17 bits per heavy atom. The molecular formula is C15H30F3IN4. The molecule has 0 aliphatic carbocycles. The lowest BCUT2D eigenvalue weighted by atomic mass is 9.97. The van der Waals surface area contributed by atoms with E-state index < -0.39 is 12.6 Å². The third-order valence-electron chi connectivity index (χ3n) is 3.80. The Bertz CT molecular complexity index is 329. The number of halogens is 4. The van der Waals surface area contributed by atoms with Crippen LogP contribution in [0, 0.1) is 5.92 Å². The fraction of sp³-hybridized carbons (Fsp3) is 0.933. The highest BCUT2D eigenvalue weighted by Gasteiger charge is 2.26. The number of piperidine rings is 1. The quantitative estimate of drug-likeness (QED) is 0.356. The number of likely N-dealkylation sites (tertiary alicyclic amines) is 1. The van der Waals surface area contributed by atoms with E-state index in [-0.39, 0.29) is 30.5 Å². The van der Waals surface area contributed by atoms with Gasteiger partial charge in [0.1, 0.15) is 0 Å². The molecule has 1 fully saturated rings. The topological polar surface area (TPSA) is 39.7 Å². The van der Waals surface area contributed by atoms with Crippen molar-refractivity contribution in [2.24, 2.45) is 10.9 Å². The van der Waals surface area contributed by atoms with Crippen molar-refractivity contribution < 1.29 is 13.2 Å². The van der Waals surface area contributed by atoms with E-state index in [2.05, 4.69) is 27.4 Å². The van der Waals surface area contributed by atoms with Gasteiger partial charge >= 0.3 is 6.18 Å². The molecule has 8 heteroatoms. The number of aliphatic imine (C=N–C) groups is 1. The minimum atomic E-state index is -4.13. The third-order valence-corrected chi connectivity index (χ3v) is 3.80. The van der Waals surface area contributed by atoms with Crippen LogP contribution >= 0.6 is 24.0 Å². The van der Waals surface area contributed by atoms with E-state index >= 15 is 0 Å². The smallest absolute Gasteiger partial charge is 0.357 e. The van der Waals surface area contributed by atoms with E-state index in [4.69, 9.17) is 0 Å². The lowest BCUT2D eigenvalue weighted by molar-refractivity contribution is -0.132. The predicted molar refractivity (Wildman–Crippen MR) is 99.5 cm³/mol. The summed E-state index contributed by atoms with van der Waals surface area (Å²) in [6.45, 7) is 8.64. The molecule has 1 rings (SSSR count). The second-order valence-electron chi connectivity index (χ2n) is 5.80. The minimum Gasteiger partial charge on any atom is -0.357 e. The fourth-order valence-corrected chi connectivity index (χ4v) is 2.59. The summed E-state index contributed by atoms with van der Waals surface area (Å²) in [4.78, 5) is 6.90. The number of alkyl halides is 3. The fourth-order valence-electron chi connectivity index (χ4n) is 2.59. The first-order valence-corrected chi connectivity index (χ1v) is 8.26. The molecule has 138 valence electrons. The second-order valence-corrected chi connectivity index (χ2v) is 5.80. The van der Waals surface area contributed by atoms with E-state index in [1.807, 2.05) is 6.92 Å². The summed E-state index contributed by atoms with van der Waals surface area (Å²) < 4.78 is 36.5. The zero-order valence-electron chi connectivity index (χ0n) is 14.1. The molecule has 0 bridgehead atoms. The second kappa shape index (κ2) is 12.2. The average molecular weight is 450 g/mol. The molecule has 1 aliphatic rings. The maximum absolute atomic E-state index is 12.2. The molecule has 0 amide bonds. The molecule has 23 heavy (non-hydrogen) atoms. The van der Waals surface area contributed by atoms with Gasteiger partial charge in [0, 0.05) is 19.6 Å². The average Bonchev–Trinajstić information content (AvgIpc) is 2.45. The first-order chi connectivity index (χ1) is 10.4. The van der Waals surface area contributed by atoms with Crippen LogP contribution in [0.25, 0.3) is 0 Å². The van der Waals surface area contributed by atoms with Crippen molar-refractivity contribution in [3.05, 3.63) is 0 Å². The molecule has 0 aromatic carbocycles. The molecule has 0 unspecified atom stereocenters. The van der Waals surface area contributed by atoms with Crippen LogP contribution in [0.4, 0.5) is 13.2 Å². The van der Waals surface area contributed by atoms with Crippen molar-refractivity contribution >= 4 is 29.9 Å². The van der Waals surface area contributed by atoms with Crippen LogP contribution in [0.2, 0.25) is 0 Å². The van der Waals surface area contributed by atoms with Crippen molar-refractivity contribution in [3.8, 4) is 0 Å². The van der Waals surface area contributed by atoms with Crippen LogP contribution in [-0.2, 0) is 0 Å². The minimum absolute atomic E-state index is 0. The maximum Gasteiger partial charge on any atom is 0.390 e. The zero-order chi connectivity index (χ0) is 16.4. The Labute approximate surface area is 154 Å². The number of guanidine groups is 1. The van der Waals surface area contributed by atoms with Gasteiger partial charge < -0.3 is 15.5 Å². The highest BCUT2D eigenvalue weighted by atomic mass is 127. The summed E-state index contributed by atoms with van der Waals surface area (Å²) in [5, 5.41) is 5.75. The number of nitrogens with zero attached hydrogens (tertiary/aromatic N) is 2. The van der Waals surface area contributed by atoms with Crippen LogP contribution in [0.5, 0.6) is 0 Å². The molecule has 2 N–H and O–H groups in total. The lowest BCUT2D eigenvalue weighted by Gasteiger charge is -2.31. The largest absolute Gasteiger partial charge is 0.390 e. The monoisotopic (exact) mass is 450 g/mol. The van der Waals surface area contributed by atoms with Crippen molar-refractivity contribution in [2.75, 3.05) is 39.3 Å². The van der Waals surface area contributed by atoms with Crippen LogP contribution in [-0.4, -0.2) is 56.3 Å². The molecule has 4 nitrogen and oxygen atoms in total. The van der Waals surface area contributed by atoms with Crippen LogP contribution in [0.3, 0.4) is 0 Å². The van der Waals surface area contributed by atoms with Gasteiger partial charge in [0.15, 0.2) is 5.96 Å². The first kappa shape index (κ1) is 22.8.